The molecule has 0 aromatic carbocycles. The first kappa shape index (κ1) is 31.2. The number of carbonyl (C=O) groups is 1. The molecule has 3 rings (SSSR count). The fraction of sp³-hybridized carbons (Fsp3) is 0.697. The van der Waals surface area contributed by atoms with Gasteiger partial charge in [-0.25, -0.2) is 9.59 Å². The zero-order chi connectivity index (χ0) is 29.3. The van der Waals surface area contributed by atoms with Crippen molar-refractivity contribution in [2.24, 2.45) is 28.6 Å². The number of carbonyl (C=O) groups excluding carboxylic acids is 1. The Bertz CT molecular complexity index is 1160. The van der Waals surface area contributed by atoms with Crippen LogP contribution < -0.4 is 5.63 Å². The highest BCUT2D eigenvalue weighted by Gasteiger charge is 2.59. The SMILES string of the molecule is C=C1CC[C@@H]2[C@@](C)(CCC=C(C)C)[C@H](OC(=O)[C@@H](O)[C@H](C)CC)CC[C@@]2(C)[C@H]1Cc1c(O)c(C)c(C)oc1=O. The first-order valence-electron chi connectivity index (χ1n) is 14.7. The molecule has 0 spiro atoms. The van der Waals surface area contributed by atoms with E-state index in [0.29, 0.717) is 36.1 Å². The largest absolute Gasteiger partial charge is 0.507 e. The molecule has 2 aliphatic rings. The molecule has 0 unspecified atom stereocenters. The molecule has 0 amide bonds. The van der Waals surface area contributed by atoms with Crippen LogP contribution in [0.1, 0.15) is 103 Å². The van der Waals surface area contributed by atoms with Crippen LogP contribution in [0.3, 0.4) is 0 Å². The van der Waals surface area contributed by atoms with E-state index in [1.165, 1.54) is 5.57 Å². The quantitative estimate of drug-likeness (QED) is 0.259. The van der Waals surface area contributed by atoms with E-state index in [4.69, 9.17) is 9.15 Å². The van der Waals surface area contributed by atoms with Crippen LogP contribution in [0.25, 0.3) is 0 Å². The number of allylic oxidation sites excluding steroid dienone is 3. The second-order valence-electron chi connectivity index (χ2n) is 13.0. The number of esters is 1. The van der Waals surface area contributed by atoms with E-state index in [1.807, 2.05) is 13.8 Å². The summed E-state index contributed by atoms with van der Waals surface area (Å²) in [6.07, 6.45) is 6.82. The van der Waals surface area contributed by atoms with Crippen molar-refractivity contribution < 1.29 is 24.2 Å². The molecule has 2 saturated carbocycles. The van der Waals surface area contributed by atoms with Gasteiger partial charge in [0, 0.05) is 11.0 Å². The van der Waals surface area contributed by atoms with Crippen molar-refractivity contribution in [2.75, 3.05) is 0 Å². The second kappa shape index (κ2) is 12.0. The first-order chi connectivity index (χ1) is 18.2. The van der Waals surface area contributed by atoms with Gasteiger partial charge in [0.1, 0.15) is 17.6 Å². The normalized spacial score (nSPS) is 30.3. The molecule has 6 heteroatoms. The van der Waals surface area contributed by atoms with Gasteiger partial charge in [0.25, 0.3) is 0 Å². The number of rotatable bonds is 9. The number of aliphatic hydroxyl groups excluding tert-OH is 1. The van der Waals surface area contributed by atoms with Crippen molar-refractivity contribution in [3.05, 3.63) is 51.1 Å². The van der Waals surface area contributed by atoms with Gasteiger partial charge >= 0.3 is 11.6 Å². The highest BCUT2D eigenvalue weighted by molar-refractivity contribution is 5.75. The lowest BCUT2D eigenvalue weighted by atomic mass is 9.45. The summed E-state index contributed by atoms with van der Waals surface area (Å²) >= 11 is 0. The number of aliphatic hydroxyl groups is 1. The van der Waals surface area contributed by atoms with Crippen LogP contribution in [0.15, 0.2) is 33.0 Å². The maximum atomic E-state index is 13.0. The summed E-state index contributed by atoms with van der Waals surface area (Å²) < 4.78 is 11.6. The van der Waals surface area contributed by atoms with E-state index >= 15 is 0 Å². The first-order valence-corrected chi connectivity index (χ1v) is 14.7. The predicted molar refractivity (Wildman–Crippen MR) is 155 cm³/mol. The van der Waals surface area contributed by atoms with Gasteiger partial charge in [-0.2, -0.15) is 0 Å². The van der Waals surface area contributed by atoms with E-state index in [-0.39, 0.29) is 40.4 Å². The van der Waals surface area contributed by atoms with Gasteiger partial charge in [0.05, 0.1) is 5.56 Å². The molecule has 0 aliphatic heterocycles. The summed E-state index contributed by atoms with van der Waals surface area (Å²) in [5, 5.41) is 21.5. The van der Waals surface area contributed by atoms with Crippen LogP contribution in [-0.2, 0) is 16.0 Å². The lowest BCUT2D eigenvalue weighted by Gasteiger charge is -2.61. The summed E-state index contributed by atoms with van der Waals surface area (Å²) in [4.78, 5) is 25.9. The zero-order valence-electron chi connectivity index (χ0n) is 25.4. The van der Waals surface area contributed by atoms with Crippen molar-refractivity contribution >= 4 is 5.97 Å². The van der Waals surface area contributed by atoms with E-state index in [0.717, 1.165) is 37.7 Å². The van der Waals surface area contributed by atoms with Crippen LogP contribution in [0.2, 0.25) is 0 Å². The van der Waals surface area contributed by atoms with Crippen molar-refractivity contribution in [3.63, 3.8) is 0 Å². The number of aromatic hydroxyl groups is 1. The summed E-state index contributed by atoms with van der Waals surface area (Å²) in [5.74, 6) is -0.0444. The molecule has 2 fully saturated rings. The minimum absolute atomic E-state index is 0.0164. The molecule has 2 aliphatic carbocycles. The zero-order valence-corrected chi connectivity index (χ0v) is 25.4. The maximum absolute atomic E-state index is 13.0. The fourth-order valence-corrected chi connectivity index (χ4v) is 7.37. The van der Waals surface area contributed by atoms with Crippen LogP contribution in [0.5, 0.6) is 5.75 Å². The smallest absolute Gasteiger partial charge is 0.342 e. The Morgan fingerprint density at radius 2 is 1.92 bits per heavy atom. The molecule has 218 valence electrons. The van der Waals surface area contributed by atoms with E-state index in [9.17, 15) is 19.8 Å². The molecule has 39 heavy (non-hydrogen) atoms. The third kappa shape index (κ3) is 6.06. The van der Waals surface area contributed by atoms with Gasteiger partial charge in [-0.05, 0) is 95.8 Å². The fourth-order valence-electron chi connectivity index (χ4n) is 7.37. The summed E-state index contributed by atoms with van der Waals surface area (Å²) in [6.45, 7) is 20.4. The number of ether oxygens (including phenoxy) is 1. The molecule has 6 nitrogen and oxygen atoms in total. The number of hydrogen-bond donors (Lipinski definition) is 2. The second-order valence-corrected chi connectivity index (χ2v) is 13.0. The number of fused-ring (bicyclic) bond motifs is 1. The average Bonchev–Trinajstić information content (AvgIpc) is 2.87. The van der Waals surface area contributed by atoms with Crippen molar-refractivity contribution in [1.29, 1.82) is 0 Å². The Balaban J connectivity index is 2.01. The molecule has 0 bridgehead atoms. The van der Waals surface area contributed by atoms with Gasteiger partial charge in [-0.1, -0.05) is 57.9 Å². The molecule has 0 saturated heterocycles. The van der Waals surface area contributed by atoms with Gasteiger partial charge in [-0.15, -0.1) is 0 Å². The van der Waals surface area contributed by atoms with E-state index < -0.39 is 17.7 Å². The summed E-state index contributed by atoms with van der Waals surface area (Å²) in [6, 6.07) is 0. The Morgan fingerprint density at radius 3 is 2.54 bits per heavy atom. The van der Waals surface area contributed by atoms with Gasteiger partial charge < -0.3 is 19.4 Å². The Labute approximate surface area is 234 Å². The number of hydrogen-bond acceptors (Lipinski definition) is 6. The standard InChI is InChI=1S/C33H50O6/c1-10-20(4)28(34)31(37)39-27-15-17-32(8)25(18-24-29(35)22(6)23(7)38-30(24)36)21(5)13-14-26(32)33(27,9)16-11-12-19(2)3/h12,20,25-28,34-35H,5,10-11,13-18H2,1-4,6-9H3/t20-,25+,26+,27-,28+,32+,33-/m1/s1. The molecule has 2 N–H and O–H groups in total. The average molecular weight is 543 g/mol. The van der Waals surface area contributed by atoms with Crippen LogP contribution >= 0.6 is 0 Å². The molecular formula is C33H50O6. The Morgan fingerprint density at radius 1 is 1.26 bits per heavy atom. The molecule has 7 atom stereocenters. The molecule has 0 radical (unpaired) electrons. The van der Waals surface area contributed by atoms with E-state index in [1.54, 1.807) is 13.8 Å². The topological polar surface area (TPSA) is 97.0 Å². The van der Waals surface area contributed by atoms with Gasteiger partial charge in [0.2, 0.25) is 0 Å². The number of aryl methyl sites for hydroxylation is 1. The molecule has 1 aromatic rings. The van der Waals surface area contributed by atoms with Crippen LogP contribution in [0, 0.1) is 42.4 Å². The Kier molecular flexibility index (Phi) is 9.63. The monoisotopic (exact) mass is 542 g/mol. The molecular weight excluding hydrogens is 492 g/mol. The minimum Gasteiger partial charge on any atom is -0.507 e. The third-order valence-corrected chi connectivity index (χ3v) is 10.3. The van der Waals surface area contributed by atoms with Crippen LogP contribution in [0.4, 0.5) is 0 Å². The highest BCUT2D eigenvalue weighted by Crippen LogP contribution is 2.63. The lowest BCUT2D eigenvalue weighted by molar-refractivity contribution is -0.190. The third-order valence-electron chi connectivity index (χ3n) is 10.3. The van der Waals surface area contributed by atoms with Crippen molar-refractivity contribution in [2.45, 2.75) is 119 Å². The maximum Gasteiger partial charge on any atom is 0.342 e. The van der Waals surface area contributed by atoms with Crippen LogP contribution in [-0.4, -0.2) is 28.4 Å². The summed E-state index contributed by atoms with van der Waals surface area (Å²) in [5.41, 5.74) is 2.26. The van der Waals surface area contributed by atoms with E-state index in [2.05, 4.69) is 40.3 Å². The minimum atomic E-state index is -1.13. The van der Waals surface area contributed by atoms with Gasteiger partial charge in [0.15, 0.2) is 6.10 Å². The summed E-state index contributed by atoms with van der Waals surface area (Å²) in [7, 11) is 0. The predicted octanol–water partition coefficient (Wildman–Crippen LogP) is 6.96. The molecule has 1 aromatic heterocycles. The van der Waals surface area contributed by atoms with Crippen molar-refractivity contribution in [3.8, 4) is 5.75 Å². The van der Waals surface area contributed by atoms with Gasteiger partial charge in [-0.3, -0.25) is 0 Å². The lowest BCUT2D eigenvalue weighted by Crippen LogP contribution is -2.57. The molecule has 1 heterocycles. The van der Waals surface area contributed by atoms with Crippen molar-refractivity contribution in [1.82, 2.24) is 0 Å². The highest BCUT2D eigenvalue weighted by atomic mass is 16.6. The Hall–Kier alpha value is -2.34.